The molecule has 0 unspecified atom stereocenters. The lowest BCUT2D eigenvalue weighted by Gasteiger charge is -2.04. The second-order valence-corrected chi connectivity index (χ2v) is 7.28. The average Bonchev–Trinajstić information content (AvgIpc) is 3.09. The number of ether oxygens (including phenoxy) is 2. The van der Waals surface area contributed by atoms with Gasteiger partial charge in [-0.1, -0.05) is 38.5 Å². The predicted molar refractivity (Wildman–Crippen MR) is 116 cm³/mol. The van der Waals surface area contributed by atoms with E-state index in [1.165, 1.54) is 12.8 Å². The van der Waals surface area contributed by atoms with Crippen molar-refractivity contribution in [2.24, 2.45) is 7.05 Å². The van der Waals surface area contributed by atoms with Gasteiger partial charge in [-0.05, 0) is 31.7 Å². The normalized spacial score (nSPS) is 10.4. The highest BCUT2D eigenvalue weighted by Gasteiger charge is 2.14. The Morgan fingerprint density at radius 3 is 2.10 bits per heavy atom. The lowest BCUT2D eigenvalue weighted by molar-refractivity contribution is 0.0485. The molecule has 1 aromatic rings. The number of nitrogens with zero attached hydrogens (tertiary/aromatic N) is 2. The van der Waals surface area contributed by atoms with Crippen LogP contribution in [0, 0.1) is 24.7 Å². The largest absolute Gasteiger partial charge is 0.461 e. The Bertz CT molecular complexity index is 652. The first-order valence-corrected chi connectivity index (χ1v) is 10.8. The smallest absolute Gasteiger partial charge is 0.356 e. The molecule has 1 heterocycles. The third-order valence-electron chi connectivity index (χ3n) is 4.70. The van der Waals surface area contributed by atoms with Gasteiger partial charge in [0.25, 0.3) is 0 Å². The van der Waals surface area contributed by atoms with E-state index in [1.54, 1.807) is 17.8 Å². The molecule has 0 aliphatic rings. The van der Waals surface area contributed by atoms with Gasteiger partial charge >= 0.3 is 5.97 Å². The van der Waals surface area contributed by atoms with Gasteiger partial charge in [0.2, 0.25) is 0 Å². The Labute approximate surface area is 176 Å². The molecule has 0 bridgehead atoms. The summed E-state index contributed by atoms with van der Waals surface area (Å²) >= 11 is 0. The lowest BCUT2D eigenvalue weighted by Crippen LogP contribution is -2.11. The molecule has 160 valence electrons. The van der Waals surface area contributed by atoms with Crippen molar-refractivity contribution in [3.05, 3.63) is 17.5 Å². The van der Waals surface area contributed by atoms with Crippen LogP contribution in [-0.2, 0) is 23.1 Å². The van der Waals surface area contributed by atoms with E-state index in [-0.39, 0.29) is 5.97 Å². The van der Waals surface area contributed by atoms with E-state index in [4.69, 9.17) is 22.3 Å². The predicted octanol–water partition coefficient (Wildman–Crippen LogP) is 5.04. The highest BCUT2D eigenvalue weighted by Crippen LogP contribution is 2.10. The van der Waals surface area contributed by atoms with Crippen LogP contribution in [0.4, 0.5) is 0 Å². The second-order valence-electron chi connectivity index (χ2n) is 7.28. The van der Waals surface area contributed by atoms with Crippen LogP contribution in [0.3, 0.4) is 0 Å². The van der Waals surface area contributed by atoms with Gasteiger partial charge in [0.1, 0.15) is 5.69 Å². The van der Waals surface area contributed by atoms with Crippen molar-refractivity contribution in [3.8, 4) is 24.7 Å². The number of unbranched alkanes of at least 4 members (excludes halogenated alkanes) is 10. The summed E-state index contributed by atoms with van der Waals surface area (Å²) in [6.07, 6.45) is 23.1. The minimum Gasteiger partial charge on any atom is -0.461 e. The van der Waals surface area contributed by atoms with Crippen LogP contribution >= 0.6 is 0 Å². The summed E-state index contributed by atoms with van der Waals surface area (Å²) in [7, 11) is 1.75. The van der Waals surface area contributed by atoms with Crippen LogP contribution in [-0.4, -0.2) is 29.0 Å². The number of hydrogen-bond acceptors (Lipinski definition) is 4. The van der Waals surface area contributed by atoms with Crippen molar-refractivity contribution in [2.75, 3.05) is 13.2 Å². The van der Waals surface area contributed by atoms with Crippen LogP contribution in [0.1, 0.15) is 93.2 Å². The molecule has 1 rings (SSSR count). The van der Waals surface area contributed by atoms with Gasteiger partial charge in [-0.2, -0.15) is 5.10 Å². The summed E-state index contributed by atoms with van der Waals surface area (Å²) in [4.78, 5) is 12.2. The van der Waals surface area contributed by atoms with Crippen molar-refractivity contribution >= 4 is 5.97 Å². The maximum Gasteiger partial charge on any atom is 0.356 e. The highest BCUT2D eigenvalue weighted by atomic mass is 16.5. The molecule has 0 saturated heterocycles. The Morgan fingerprint density at radius 2 is 1.48 bits per heavy atom. The van der Waals surface area contributed by atoms with Gasteiger partial charge in [-0.25, -0.2) is 4.79 Å². The first-order valence-electron chi connectivity index (χ1n) is 10.8. The maximum atomic E-state index is 12.2. The van der Waals surface area contributed by atoms with E-state index in [9.17, 15) is 4.79 Å². The van der Waals surface area contributed by atoms with E-state index >= 15 is 0 Å². The van der Waals surface area contributed by atoms with Crippen LogP contribution < -0.4 is 0 Å². The fourth-order valence-corrected chi connectivity index (χ4v) is 3.02. The number of esters is 1. The first-order chi connectivity index (χ1) is 14.2. The molecular weight excluding hydrogens is 364 g/mol. The number of aromatic nitrogens is 2. The monoisotopic (exact) mass is 400 g/mol. The summed E-state index contributed by atoms with van der Waals surface area (Å²) in [6, 6.07) is 1.75. The molecular formula is C24H36N2O3. The Hall–Kier alpha value is -2.24. The van der Waals surface area contributed by atoms with E-state index in [2.05, 4.69) is 16.9 Å². The molecule has 0 aliphatic heterocycles. The van der Waals surface area contributed by atoms with E-state index in [0.29, 0.717) is 25.5 Å². The van der Waals surface area contributed by atoms with Gasteiger partial charge in [0, 0.05) is 26.5 Å². The molecule has 5 nitrogen and oxygen atoms in total. The van der Waals surface area contributed by atoms with Crippen LogP contribution in [0.5, 0.6) is 0 Å². The van der Waals surface area contributed by atoms with E-state index in [1.807, 2.05) is 0 Å². The van der Waals surface area contributed by atoms with Crippen molar-refractivity contribution in [1.29, 1.82) is 0 Å². The summed E-state index contributed by atoms with van der Waals surface area (Å²) in [5.41, 5.74) is 1.22. The van der Waals surface area contributed by atoms with E-state index in [0.717, 1.165) is 69.9 Å². The number of carbonyl (C=O) groups is 1. The van der Waals surface area contributed by atoms with Gasteiger partial charge in [-0.15, -0.1) is 24.7 Å². The highest BCUT2D eigenvalue weighted by molar-refractivity contribution is 5.87. The molecule has 0 radical (unpaired) electrons. The molecule has 0 N–H and O–H groups in total. The summed E-state index contributed by atoms with van der Waals surface area (Å²) < 4.78 is 12.6. The number of carbonyl (C=O) groups excluding carboxylic acids is 1. The molecule has 0 aliphatic carbocycles. The first kappa shape index (κ1) is 24.8. The minimum absolute atomic E-state index is 0.328. The SMILES string of the molecule is C#CCCCCCCCOCc1cc(C(=O)OCCCCCCCC#C)n(C)n1. The molecule has 1 aromatic heterocycles. The van der Waals surface area contributed by atoms with Crippen LogP contribution in [0.25, 0.3) is 0 Å². The quantitative estimate of drug-likeness (QED) is 0.209. The Kier molecular flexibility index (Phi) is 14.3. The molecule has 0 aromatic carbocycles. The van der Waals surface area contributed by atoms with Crippen LogP contribution in [0.15, 0.2) is 6.07 Å². The molecule has 0 saturated carbocycles. The van der Waals surface area contributed by atoms with Gasteiger partial charge in [0.15, 0.2) is 0 Å². The third-order valence-corrected chi connectivity index (χ3v) is 4.70. The number of rotatable bonds is 17. The molecule has 0 amide bonds. The average molecular weight is 401 g/mol. The molecule has 0 atom stereocenters. The fourth-order valence-electron chi connectivity index (χ4n) is 3.02. The fraction of sp³-hybridized carbons (Fsp3) is 0.667. The molecule has 29 heavy (non-hydrogen) atoms. The number of terminal acetylenes is 2. The van der Waals surface area contributed by atoms with Gasteiger partial charge in [0.05, 0.1) is 18.9 Å². The Morgan fingerprint density at radius 1 is 0.931 bits per heavy atom. The zero-order chi connectivity index (χ0) is 21.2. The van der Waals surface area contributed by atoms with E-state index < -0.39 is 0 Å². The molecule has 5 heteroatoms. The van der Waals surface area contributed by atoms with Crippen molar-refractivity contribution in [3.63, 3.8) is 0 Å². The van der Waals surface area contributed by atoms with Crippen molar-refractivity contribution in [1.82, 2.24) is 9.78 Å². The standard InChI is InChI=1S/C24H36N2O3/c1-4-6-8-10-12-14-16-18-28-21-22-20-23(26(3)25-22)24(27)29-19-17-15-13-11-9-7-5-2/h1-2,20H,6-19,21H2,3H3. The Balaban J connectivity index is 2.13. The minimum atomic E-state index is -0.328. The molecule has 0 fully saturated rings. The zero-order valence-electron chi connectivity index (χ0n) is 18.0. The zero-order valence-corrected chi connectivity index (χ0v) is 18.0. The summed E-state index contributed by atoms with van der Waals surface area (Å²) in [5.74, 6) is 4.98. The van der Waals surface area contributed by atoms with Gasteiger partial charge in [-0.3, -0.25) is 4.68 Å². The summed E-state index contributed by atoms with van der Waals surface area (Å²) in [5, 5.41) is 4.34. The molecule has 0 spiro atoms. The van der Waals surface area contributed by atoms with Crippen molar-refractivity contribution in [2.45, 2.75) is 83.7 Å². The number of aryl methyl sites for hydroxylation is 1. The van der Waals surface area contributed by atoms with Crippen molar-refractivity contribution < 1.29 is 14.3 Å². The number of hydrogen-bond donors (Lipinski definition) is 0. The van der Waals surface area contributed by atoms with Gasteiger partial charge < -0.3 is 9.47 Å². The maximum absolute atomic E-state index is 12.2. The topological polar surface area (TPSA) is 53.4 Å². The third kappa shape index (κ3) is 12.0. The lowest BCUT2D eigenvalue weighted by atomic mass is 10.1. The summed E-state index contributed by atoms with van der Waals surface area (Å²) in [6.45, 7) is 1.55. The second kappa shape index (κ2) is 16.7. The van der Waals surface area contributed by atoms with Crippen LogP contribution in [0.2, 0.25) is 0 Å².